The smallest absolute Gasteiger partial charge is 0.340 e. The fourth-order valence-corrected chi connectivity index (χ4v) is 4.68. The van der Waals surface area contributed by atoms with Crippen LogP contribution in [-0.4, -0.2) is 43.5 Å². The van der Waals surface area contributed by atoms with Gasteiger partial charge in [0.25, 0.3) is 0 Å². The van der Waals surface area contributed by atoms with E-state index in [-0.39, 0.29) is 46.6 Å². The van der Waals surface area contributed by atoms with E-state index >= 15 is 0 Å². The van der Waals surface area contributed by atoms with Crippen molar-refractivity contribution < 1.29 is 32.4 Å². The van der Waals surface area contributed by atoms with E-state index in [0.29, 0.717) is 16.5 Å². The second kappa shape index (κ2) is 10.2. The van der Waals surface area contributed by atoms with Gasteiger partial charge in [0.05, 0.1) is 59.9 Å². The van der Waals surface area contributed by atoms with E-state index < -0.39 is 28.4 Å². The van der Waals surface area contributed by atoms with Crippen molar-refractivity contribution in [1.29, 1.82) is 0 Å². The molecule has 0 aliphatic carbocycles. The fourth-order valence-electron chi connectivity index (χ4n) is 3.59. The van der Waals surface area contributed by atoms with E-state index in [1.807, 2.05) is 0 Å². The highest BCUT2D eigenvalue weighted by Gasteiger charge is 2.23. The first-order chi connectivity index (χ1) is 16.8. The molecule has 4 aromatic rings. The molecule has 0 aliphatic heterocycles. The number of hydrogen-bond acceptors (Lipinski definition) is 7. The van der Waals surface area contributed by atoms with Gasteiger partial charge in [-0.25, -0.2) is 18.6 Å². The molecule has 11 heteroatoms. The lowest BCUT2D eigenvalue weighted by molar-refractivity contribution is 0.0525. The number of carbonyl (C=O) groups excluding carboxylic acids is 1. The molecule has 0 aliphatic rings. The van der Waals surface area contributed by atoms with Gasteiger partial charge in [0.15, 0.2) is 23.1 Å². The van der Waals surface area contributed by atoms with Crippen LogP contribution in [0.3, 0.4) is 0 Å². The third kappa shape index (κ3) is 4.99. The highest BCUT2D eigenvalue weighted by Crippen LogP contribution is 2.37. The molecule has 0 radical (unpaired) electrons. The zero-order valence-corrected chi connectivity index (χ0v) is 19.6. The fraction of sp³-hybridized carbons (Fsp3) is 0.208. The molecule has 8 nitrogen and oxygen atoms in total. The van der Waals surface area contributed by atoms with Gasteiger partial charge in [0, 0.05) is 34.3 Å². The van der Waals surface area contributed by atoms with Gasteiger partial charge < -0.3 is 19.1 Å². The molecule has 2 aromatic carbocycles. The highest BCUT2D eigenvalue weighted by molar-refractivity contribution is 7.84. The lowest BCUT2D eigenvalue weighted by Gasteiger charge is -2.16. The molecule has 0 bridgehead atoms. The number of ether oxygens (including phenoxy) is 2. The van der Waals surface area contributed by atoms with Crippen LogP contribution in [0.5, 0.6) is 11.5 Å². The SMILES string of the molecule is CCOC(=O)c1cc2c(Cn3ccnc3)c(O)c(OC)cc2nc1CS(=O)c1ccc(F)c(F)c1. The number of esters is 1. The Bertz CT molecular complexity index is 1430. The van der Waals surface area contributed by atoms with Gasteiger partial charge >= 0.3 is 5.97 Å². The first-order valence-corrected chi connectivity index (χ1v) is 11.8. The summed E-state index contributed by atoms with van der Waals surface area (Å²) in [5.74, 6) is -3.09. The van der Waals surface area contributed by atoms with Crippen LogP contribution in [0.1, 0.15) is 28.5 Å². The van der Waals surface area contributed by atoms with Gasteiger partial charge in [-0.15, -0.1) is 0 Å². The number of benzene rings is 2. The maximum Gasteiger partial charge on any atom is 0.340 e. The van der Waals surface area contributed by atoms with Gasteiger partial charge in [-0.1, -0.05) is 0 Å². The molecule has 1 atom stereocenters. The summed E-state index contributed by atoms with van der Waals surface area (Å²) >= 11 is 0. The second-order valence-corrected chi connectivity index (χ2v) is 8.93. The van der Waals surface area contributed by atoms with Gasteiger partial charge in [0.1, 0.15) is 0 Å². The van der Waals surface area contributed by atoms with Crippen LogP contribution in [0.4, 0.5) is 8.78 Å². The third-order valence-electron chi connectivity index (χ3n) is 5.28. The second-order valence-electron chi connectivity index (χ2n) is 7.48. The van der Waals surface area contributed by atoms with E-state index in [9.17, 15) is 22.9 Å². The van der Waals surface area contributed by atoms with Crippen LogP contribution in [0, 0.1) is 11.6 Å². The largest absolute Gasteiger partial charge is 0.504 e. The molecule has 0 fully saturated rings. The van der Waals surface area contributed by atoms with Crippen LogP contribution in [0.15, 0.2) is 53.9 Å². The summed E-state index contributed by atoms with van der Waals surface area (Å²) in [5, 5.41) is 11.3. The Balaban J connectivity index is 1.86. The number of imidazole rings is 1. The number of fused-ring (bicyclic) bond motifs is 1. The Labute approximate surface area is 201 Å². The topological polar surface area (TPSA) is 104 Å². The average molecular weight is 502 g/mol. The van der Waals surface area contributed by atoms with Gasteiger partial charge in [-0.05, 0) is 31.2 Å². The highest BCUT2D eigenvalue weighted by atomic mass is 32.2. The molecule has 4 rings (SSSR count). The standard InChI is InChI=1S/C24H21F2N3O5S/c1-3-34-24(31)16-9-15-17(11-29-7-6-27-13-29)23(30)22(33-2)10-20(15)28-21(16)12-35(32)14-4-5-18(25)19(26)8-14/h4-10,13,30H,3,11-12H2,1-2H3. The zero-order chi connectivity index (χ0) is 25.1. The molecule has 0 saturated heterocycles. The van der Waals surface area contributed by atoms with Crippen LogP contribution in [-0.2, 0) is 27.8 Å². The Hall–Kier alpha value is -3.86. The van der Waals surface area contributed by atoms with Crippen molar-refractivity contribution in [2.75, 3.05) is 13.7 Å². The number of aromatic hydroxyl groups is 1. The Kier molecular flexibility index (Phi) is 7.06. The summed E-state index contributed by atoms with van der Waals surface area (Å²) < 4.78 is 52.1. The molecule has 1 unspecified atom stereocenters. The summed E-state index contributed by atoms with van der Waals surface area (Å²) in [6.45, 7) is 1.95. The van der Waals surface area contributed by atoms with Crippen LogP contribution in [0.2, 0.25) is 0 Å². The predicted molar refractivity (Wildman–Crippen MR) is 124 cm³/mol. The van der Waals surface area contributed by atoms with Crippen molar-refractivity contribution in [1.82, 2.24) is 14.5 Å². The number of rotatable bonds is 8. The summed E-state index contributed by atoms with van der Waals surface area (Å²) in [6.07, 6.45) is 4.88. The quantitative estimate of drug-likeness (QED) is 0.365. The van der Waals surface area contributed by atoms with Crippen molar-refractivity contribution in [3.63, 3.8) is 0 Å². The number of methoxy groups -OCH3 is 1. The predicted octanol–water partition coefficient (Wildman–Crippen LogP) is 3.96. The minimum atomic E-state index is -1.84. The number of phenolic OH excluding ortho intramolecular Hbond substituents is 1. The van der Waals surface area contributed by atoms with E-state index in [1.165, 1.54) is 25.3 Å². The van der Waals surface area contributed by atoms with Crippen molar-refractivity contribution in [3.05, 3.63) is 77.5 Å². The monoisotopic (exact) mass is 501 g/mol. The Morgan fingerprint density at radius 3 is 2.66 bits per heavy atom. The minimum Gasteiger partial charge on any atom is -0.504 e. The number of halogens is 2. The summed E-state index contributed by atoms with van der Waals surface area (Å²) in [5.41, 5.74) is 0.996. The molecule has 0 saturated carbocycles. The summed E-state index contributed by atoms with van der Waals surface area (Å²) in [4.78, 5) is 21.4. The molecule has 182 valence electrons. The van der Waals surface area contributed by atoms with E-state index in [2.05, 4.69) is 9.97 Å². The van der Waals surface area contributed by atoms with Crippen molar-refractivity contribution >= 4 is 27.7 Å². The lowest BCUT2D eigenvalue weighted by Crippen LogP contribution is -2.13. The van der Waals surface area contributed by atoms with Crippen LogP contribution in [0.25, 0.3) is 10.9 Å². The first-order valence-electron chi connectivity index (χ1n) is 10.5. The number of pyridine rings is 1. The minimum absolute atomic E-state index is 0.0460. The molecule has 35 heavy (non-hydrogen) atoms. The lowest BCUT2D eigenvalue weighted by atomic mass is 10.0. The Morgan fingerprint density at radius 1 is 1.20 bits per heavy atom. The number of hydrogen-bond donors (Lipinski definition) is 1. The number of aromatic nitrogens is 3. The normalized spacial score (nSPS) is 12.0. The maximum atomic E-state index is 13.7. The van der Waals surface area contributed by atoms with E-state index in [4.69, 9.17) is 9.47 Å². The summed E-state index contributed by atoms with van der Waals surface area (Å²) in [7, 11) is -0.443. The van der Waals surface area contributed by atoms with Crippen LogP contribution >= 0.6 is 0 Å². The van der Waals surface area contributed by atoms with Gasteiger partial charge in [0.2, 0.25) is 0 Å². The van der Waals surface area contributed by atoms with Gasteiger partial charge in [-0.3, -0.25) is 9.19 Å². The molecule has 2 aromatic heterocycles. The zero-order valence-electron chi connectivity index (χ0n) is 18.8. The maximum absolute atomic E-state index is 13.7. The van der Waals surface area contributed by atoms with Crippen molar-refractivity contribution in [3.8, 4) is 11.5 Å². The Morgan fingerprint density at radius 2 is 2.00 bits per heavy atom. The van der Waals surface area contributed by atoms with Crippen molar-refractivity contribution in [2.45, 2.75) is 24.1 Å². The average Bonchev–Trinajstić information content (AvgIpc) is 3.35. The molecule has 1 N–H and O–H groups in total. The molecular formula is C24H21F2N3O5S. The molecule has 0 spiro atoms. The summed E-state index contributed by atoms with van der Waals surface area (Å²) in [6, 6.07) is 5.97. The molecule has 2 heterocycles. The first kappa shape index (κ1) is 24.3. The number of nitrogens with zero attached hydrogens (tertiary/aromatic N) is 3. The number of carbonyl (C=O) groups is 1. The molecule has 0 amide bonds. The van der Waals surface area contributed by atoms with Gasteiger partial charge in [-0.2, -0.15) is 0 Å². The van der Waals surface area contributed by atoms with Crippen LogP contribution < -0.4 is 4.74 Å². The van der Waals surface area contributed by atoms with E-state index in [1.54, 1.807) is 30.2 Å². The number of phenols is 1. The molecular weight excluding hydrogens is 480 g/mol. The third-order valence-corrected chi connectivity index (χ3v) is 6.60. The van der Waals surface area contributed by atoms with E-state index in [0.717, 1.165) is 12.1 Å². The van der Waals surface area contributed by atoms with Crippen molar-refractivity contribution in [2.24, 2.45) is 0 Å².